The number of carbonyl (C=O) groups is 1. The summed E-state index contributed by atoms with van der Waals surface area (Å²) in [4.78, 5) is 10.4. The summed E-state index contributed by atoms with van der Waals surface area (Å²) in [5.74, 6) is -0.302. The Labute approximate surface area is 73.6 Å². The van der Waals surface area contributed by atoms with Crippen LogP contribution in [-0.2, 0) is 4.79 Å². The van der Waals surface area contributed by atoms with Crippen LogP contribution in [-0.4, -0.2) is 5.91 Å². The first-order chi connectivity index (χ1) is 5.70. The van der Waals surface area contributed by atoms with Gasteiger partial charge in [-0.1, -0.05) is 19.8 Å². The zero-order valence-electron chi connectivity index (χ0n) is 7.55. The molecule has 0 aliphatic carbocycles. The van der Waals surface area contributed by atoms with E-state index in [1.165, 1.54) is 0 Å². The second kappa shape index (κ2) is 6.66. The predicted octanol–water partition coefficient (Wildman–Crippen LogP) is 1.58. The summed E-state index contributed by atoms with van der Waals surface area (Å²) in [6.45, 7) is 2.09. The molecule has 0 aliphatic rings. The van der Waals surface area contributed by atoms with Crippen molar-refractivity contribution in [3.63, 3.8) is 0 Å². The number of primary amides is 1. The van der Waals surface area contributed by atoms with E-state index >= 15 is 0 Å². The third-order valence-electron chi connectivity index (χ3n) is 1.83. The molecule has 0 rings (SSSR count). The number of nitriles is 1. The van der Waals surface area contributed by atoms with Gasteiger partial charge in [0, 0.05) is 12.3 Å². The van der Waals surface area contributed by atoms with Crippen molar-refractivity contribution in [2.45, 2.75) is 39.0 Å². The Morgan fingerprint density at radius 3 is 2.67 bits per heavy atom. The molecule has 12 heavy (non-hydrogen) atoms. The second-order valence-corrected chi connectivity index (χ2v) is 2.97. The fourth-order valence-electron chi connectivity index (χ4n) is 1.04. The van der Waals surface area contributed by atoms with Crippen LogP contribution in [0.4, 0.5) is 0 Å². The fraction of sp³-hybridized carbons (Fsp3) is 0.778. The van der Waals surface area contributed by atoms with E-state index in [-0.39, 0.29) is 11.8 Å². The number of carbonyl (C=O) groups excluding carboxylic acids is 1. The molecule has 0 spiro atoms. The highest BCUT2D eigenvalue weighted by atomic mass is 16.1. The van der Waals surface area contributed by atoms with Gasteiger partial charge >= 0.3 is 0 Å². The van der Waals surface area contributed by atoms with Gasteiger partial charge in [-0.15, -0.1) is 0 Å². The molecule has 0 saturated carbocycles. The summed E-state index contributed by atoms with van der Waals surface area (Å²) >= 11 is 0. The van der Waals surface area contributed by atoms with Crippen molar-refractivity contribution >= 4 is 5.91 Å². The number of nitrogens with two attached hydrogens (primary N) is 1. The van der Waals surface area contributed by atoms with Crippen molar-refractivity contribution in [3.05, 3.63) is 0 Å². The lowest BCUT2D eigenvalue weighted by Gasteiger charge is -2.05. The van der Waals surface area contributed by atoms with Crippen molar-refractivity contribution in [1.82, 2.24) is 0 Å². The van der Waals surface area contributed by atoms with E-state index in [1.54, 1.807) is 0 Å². The van der Waals surface area contributed by atoms with E-state index in [9.17, 15) is 4.79 Å². The molecular formula is C9H16N2O. The Morgan fingerprint density at radius 1 is 1.58 bits per heavy atom. The van der Waals surface area contributed by atoms with Gasteiger partial charge in [0.15, 0.2) is 0 Å². The third-order valence-corrected chi connectivity index (χ3v) is 1.83. The molecule has 68 valence electrons. The first-order valence-electron chi connectivity index (χ1n) is 4.38. The molecule has 3 heteroatoms. The van der Waals surface area contributed by atoms with Crippen LogP contribution in [0.1, 0.15) is 39.0 Å². The number of hydrogen-bond donors (Lipinski definition) is 1. The van der Waals surface area contributed by atoms with Gasteiger partial charge < -0.3 is 5.73 Å². The molecule has 0 aliphatic heterocycles. The van der Waals surface area contributed by atoms with Crippen LogP contribution in [0, 0.1) is 17.2 Å². The van der Waals surface area contributed by atoms with Crippen LogP contribution in [0.25, 0.3) is 0 Å². The highest BCUT2D eigenvalue weighted by Crippen LogP contribution is 2.13. The van der Waals surface area contributed by atoms with E-state index in [2.05, 4.69) is 13.0 Å². The minimum atomic E-state index is -0.313. The minimum Gasteiger partial charge on any atom is -0.370 e. The topological polar surface area (TPSA) is 66.9 Å². The van der Waals surface area contributed by atoms with Crippen LogP contribution in [0.2, 0.25) is 0 Å². The average Bonchev–Trinajstić information content (AvgIpc) is 2.05. The maximum atomic E-state index is 10.4. The molecule has 1 atom stereocenters. The van der Waals surface area contributed by atoms with Crippen LogP contribution in [0.15, 0.2) is 0 Å². The Hall–Kier alpha value is -1.04. The molecule has 1 amide bonds. The van der Waals surface area contributed by atoms with Crippen LogP contribution < -0.4 is 5.73 Å². The van der Waals surface area contributed by atoms with E-state index < -0.39 is 0 Å². The van der Waals surface area contributed by atoms with Gasteiger partial charge in [0.1, 0.15) is 0 Å². The number of hydrogen-bond acceptors (Lipinski definition) is 2. The lowest BCUT2D eigenvalue weighted by atomic mass is 9.98. The largest absolute Gasteiger partial charge is 0.370 e. The van der Waals surface area contributed by atoms with Crippen LogP contribution >= 0.6 is 0 Å². The fourth-order valence-corrected chi connectivity index (χ4v) is 1.04. The summed E-state index contributed by atoms with van der Waals surface area (Å²) in [6.07, 6.45) is 3.99. The van der Waals surface area contributed by atoms with Crippen molar-refractivity contribution in [3.8, 4) is 6.07 Å². The molecule has 2 N–H and O–H groups in total. The van der Waals surface area contributed by atoms with Crippen LogP contribution in [0.5, 0.6) is 0 Å². The Bertz CT molecular complexity index is 172. The van der Waals surface area contributed by atoms with Crippen LogP contribution in [0.3, 0.4) is 0 Å². The number of rotatable bonds is 6. The van der Waals surface area contributed by atoms with E-state index in [0.717, 1.165) is 19.3 Å². The first kappa shape index (κ1) is 11.0. The average molecular weight is 168 g/mol. The molecule has 0 bridgehead atoms. The molecular weight excluding hydrogens is 152 g/mol. The van der Waals surface area contributed by atoms with Crippen molar-refractivity contribution in [1.29, 1.82) is 5.26 Å². The zero-order valence-corrected chi connectivity index (χ0v) is 7.55. The highest BCUT2D eigenvalue weighted by molar-refractivity contribution is 5.73. The molecule has 0 aromatic heterocycles. The number of amides is 1. The van der Waals surface area contributed by atoms with Gasteiger partial charge in [0.2, 0.25) is 5.91 Å². The summed E-state index contributed by atoms with van der Waals surface area (Å²) < 4.78 is 0. The molecule has 0 fully saturated rings. The SMILES string of the molecule is CCCCC(C#N)CCC(N)=O. The standard InChI is InChI=1S/C9H16N2O/c1-2-3-4-8(7-10)5-6-9(11)12/h8H,2-6H2,1H3,(H2,11,12). The molecule has 1 unspecified atom stereocenters. The van der Waals surface area contributed by atoms with Gasteiger partial charge in [-0.05, 0) is 12.8 Å². The molecule has 0 heterocycles. The molecule has 3 nitrogen and oxygen atoms in total. The maximum Gasteiger partial charge on any atom is 0.217 e. The summed E-state index contributed by atoms with van der Waals surface area (Å²) in [7, 11) is 0. The lowest BCUT2D eigenvalue weighted by molar-refractivity contribution is -0.118. The molecule has 0 saturated heterocycles. The monoisotopic (exact) mass is 168 g/mol. The quantitative estimate of drug-likeness (QED) is 0.654. The Kier molecular flexibility index (Phi) is 6.08. The summed E-state index contributed by atoms with van der Waals surface area (Å²) in [5, 5.41) is 8.66. The second-order valence-electron chi connectivity index (χ2n) is 2.97. The van der Waals surface area contributed by atoms with E-state index in [4.69, 9.17) is 11.0 Å². The van der Waals surface area contributed by atoms with Gasteiger partial charge in [-0.3, -0.25) is 4.79 Å². The summed E-state index contributed by atoms with van der Waals surface area (Å²) in [6, 6.07) is 2.18. The normalized spacial score (nSPS) is 12.0. The smallest absolute Gasteiger partial charge is 0.217 e. The molecule has 0 aromatic rings. The van der Waals surface area contributed by atoms with Crippen molar-refractivity contribution in [2.75, 3.05) is 0 Å². The van der Waals surface area contributed by atoms with Gasteiger partial charge in [0.05, 0.1) is 6.07 Å². The third kappa shape index (κ3) is 5.72. The Balaban J connectivity index is 3.55. The number of nitrogens with zero attached hydrogens (tertiary/aromatic N) is 1. The molecule has 0 aromatic carbocycles. The van der Waals surface area contributed by atoms with Gasteiger partial charge in [-0.25, -0.2) is 0 Å². The molecule has 0 radical (unpaired) electrons. The highest BCUT2D eigenvalue weighted by Gasteiger charge is 2.07. The first-order valence-corrected chi connectivity index (χ1v) is 4.38. The number of unbranched alkanes of at least 4 members (excludes halogenated alkanes) is 1. The Morgan fingerprint density at radius 2 is 2.25 bits per heavy atom. The predicted molar refractivity (Wildman–Crippen MR) is 47.1 cm³/mol. The summed E-state index contributed by atoms with van der Waals surface area (Å²) in [5.41, 5.74) is 4.98. The van der Waals surface area contributed by atoms with E-state index in [1.807, 2.05) is 0 Å². The van der Waals surface area contributed by atoms with Crippen molar-refractivity contribution < 1.29 is 4.79 Å². The zero-order chi connectivity index (χ0) is 9.40. The lowest BCUT2D eigenvalue weighted by Crippen LogP contribution is -2.12. The minimum absolute atomic E-state index is 0.0115. The van der Waals surface area contributed by atoms with E-state index in [0.29, 0.717) is 12.8 Å². The van der Waals surface area contributed by atoms with Gasteiger partial charge in [0.25, 0.3) is 0 Å². The van der Waals surface area contributed by atoms with Crippen molar-refractivity contribution in [2.24, 2.45) is 11.7 Å². The van der Waals surface area contributed by atoms with Gasteiger partial charge in [-0.2, -0.15) is 5.26 Å². The maximum absolute atomic E-state index is 10.4.